The van der Waals surface area contributed by atoms with Crippen LogP contribution in [0.3, 0.4) is 0 Å². The number of nitrogens with zero attached hydrogens (tertiary/aromatic N) is 5. The van der Waals surface area contributed by atoms with Crippen molar-refractivity contribution < 1.29 is 22.0 Å². The first kappa shape index (κ1) is 16.4. The minimum Gasteiger partial charge on any atom is -0.361 e. The number of benzene rings is 1. The predicted octanol–water partition coefficient (Wildman–Crippen LogP) is 3.65. The van der Waals surface area contributed by atoms with E-state index < -0.39 is 24.7 Å². The Kier molecular flexibility index (Phi) is 3.60. The lowest BCUT2D eigenvalue weighted by Gasteiger charge is -2.10. The van der Waals surface area contributed by atoms with Crippen molar-refractivity contribution in [1.29, 1.82) is 0 Å². The predicted molar refractivity (Wildman–Crippen MR) is 81.4 cm³/mol. The molecular weight excluding hydrogens is 359 g/mol. The van der Waals surface area contributed by atoms with Crippen molar-refractivity contribution in [2.24, 2.45) is 0 Å². The minimum absolute atomic E-state index is 0.0340. The lowest BCUT2D eigenvalue weighted by molar-refractivity contribution is -0.136. The van der Waals surface area contributed by atoms with Crippen LogP contribution in [0.25, 0.3) is 33.5 Å². The van der Waals surface area contributed by atoms with Gasteiger partial charge in [-0.25, -0.2) is 23.4 Å². The number of halogens is 5. The molecule has 1 N–H and O–H groups in total. The summed E-state index contributed by atoms with van der Waals surface area (Å²) in [5, 5.41) is 7.59. The molecular formula is C15H9F5N6. The lowest BCUT2D eigenvalue weighted by atomic mass is 10.0. The van der Waals surface area contributed by atoms with E-state index in [0.717, 1.165) is 10.7 Å². The quantitative estimate of drug-likeness (QED) is 0.560. The second-order valence-corrected chi connectivity index (χ2v) is 5.49. The number of nitrogens with one attached hydrogen (secondary N) is 1. The second-order valence-electron chi connectivity index (χ2n) is 5.49. The molecule has 0 aliphatic carbocycles. The van der Waals surface area contributed by atoms with Gasteiger partial charge in [0.15, 0.2) is 5.65 Å². The molecule has 1 aromatic carbocycles. The van der Waals surface area contributed by atoms with Crippen LogP contribution < -0.4 is 0 Å². The van der Waals surface area contributed by atoms with Gasteiger partial charge >= 0.3 is 6.18 Å². The van der Waals surface area contributed by atoms with Crippen molar-refractivity contribution in [2.45, 2.75) is 19.1 Å². The summed E-state index contributed by atoms with van der Waals surface area (Å²) in [7, 11) is 0. The molecule has 4 aromatic rings. The van der Waals surface area contributed by atoms with Crippen molar-refractivity contribution in [2.75, 3.05) is 0 Å². The molecule has 3 aromatic heterocycles. The molecule has 0 aliphatic rings. The number of H-pyrrole nitrogens is 1. The Morgan fingerprint density at radius 3 is 2.69 bits per heavy atom. The van der Waals surface area contributed by atoms with Crippen LogP contribution in [-0.4, -0.2) is 36.4 Å². The summed E-state index contributed by atoms with van der Waals surface area (Å²) in [4.78, 5) is 10.8. The molecule has 0 saturated heterocycles. The Morgan fingerprint density at radius 2 is 1.96 bits per heavy atom. The van der Waals surface area contributed by atoms with Crippen LogP contribution >= 0.6 is 0 Å². The summed E-state index contributed by atoms with van der Waals surface area (Å²) in [6.07, 6.45) is -4.44. The van der Waals surface area contributed by atoms with Crippen LogP contribution in [0.4, 0.5) is 22.0 Å². The van der Waals surface area contributed by atoms with Gasteiger partial charge in [-0.3, -0.25) is 0 Å². The molecule has 0 radical (unpaired) electrons. The Morgan fingerprint density at radius 1 is 1.15 bits per heavy atom. The molecule has 3 heterocycles. The molecule has 0 aliphatic heterocycles. The molecule has 0 amide bonds. The number of aromatic nitrogens is 6. The molecule has 6 nitrogen and oxygen atoms in total. The molecule has 0 atom stereocenters. The maximum Gasteiger partial charge on any atom is 0.418 e. The highest BCUT2D eigenvalue weighted by atomic mass is 19.4. The molecule has 0 spiro atoms. The molecule has 11 heteroatoms. The van der Waals surface area contributed by atoms with E-state index in [1.165, 1.54) is 24.5 Å². The molecule has 26 heavy (non-hydrogen) atoms. The highest BCUT2D eigenvalue weighted by Crippen LogP contribution is 2.37. The maximum atomic E-state index is 13.1. The van der Waals surface area contributed by atoms with Gasteiger partial charge in [-0.15, -0.1) is 5.10 Å². The molecule has 4 rings (SSSR count). The zero-order valence-electron chi connectivity index (χ0n) is 12.8. The number of fused-ring (bicyclic) bond motifs is 2. The van der Waals surface area contributed by atoms with Gasteiger partial charge in [0, 0.05) is 17.1 Å². The Balaban J connectivity index is 1.84. The van der Waals surface area contributed by atoms with Crippen molar-refractivity contribution >= 4 is 22.2 Å². The standard InChI is InChI=1S/C15H9F5N6/c16-11(17)6-26-14-13(24-25-26)23-10(5-22-14)7-1-2-9(15(18,19)20)12-8(7)3-4-21-12/h1-5,11,21H,6H2. The van der Waals surface area contributed by atoms with Gasteiger partial charge < -0.3 is 4.98 Å². The van der Waals surface area contributed by atoms with Crippen molar-refractivity contribution in [3.8, 4) is 11.3 Å². The first-order valence-electron chi connectivity index (χ1n) is 7.36. The van der Waals surface area contributed by atoms with Gasteiger partial charge in [0.05, 0.1) is 23.0 Å². The summed E-state index contributed by atoms with van der Waals surface area (Å²) in [6.45, 7) is -0.674. The fourth-order valence-electron chi connectivity index (χ4n) is 2.76. The van der Waals surface area contributed by atoms with Crippen LogP contribution in [0.2, 0.25) is 0 Å². The number of hydrogen-bond donors (Lipinski definition) is 1. The number of hydrogen-bond acceptors (Lipinski definition) is 4. The summed E-state index contributed by atoms with van der Waals surface area (Å²) in [5.41, 5.74) is -0.0820. The van der Waals surface area contributed by atoms with Gasteiger partial charge in [0.25, 0.3) is 6.43 Å². The van der Waals surface area contributed by atoms with Gasteiger partial charge in [-0.2, -0.15) is 13.2 Å². The number of aromatic amines is 1. The average Bonchev–Trinajstić information content (AvgIpc) is 3.19. The van der Waals surface area contributed by atoms with Crippen molar-refractivity contribution in [1.82, 2.24) is 29.9 Å². The Bertz CT molecular complexity index is 1100. The summed E-state index contributed by atoms with van der Waals surface area (Å²) < 4.78 is 65.3. The van der Waals surface area contributed by atoms with Gasteiger partial charge in [0.2, 0.25) is 5.65 Å². The van der Waals surface area contributed by atoms with Gasteiger partial charge in [0.1, 0.15) is 6.54 Å². The van der Waals surface area contributed by atoms with E-state index in [0.29, 0.717) is 10.9 Å². The Hall–Kier alpha value is -3.11. The zero-order chi connectivity index (χ0) is 18.5. The zero-order valence-corrected chi connectivity index (χ0v) is 12.8. The second kappa shape index (κ2) is 5.71. The van der Waals surface area contributed by atoms with Crippen LogP contribution in [0, 0.1) is 0 Å². The van der Waals surface area contributed by atoms with Crippen molar-refractivity contribution in [3.63, 3.8) is 0 Å². The molecule has 0 bridgehead atoms. The number of alkyl halides is 5. The fourth-order valence-corrected chi connectivity index (χ4v) is 2.76. The third kappa shape index (κ3) is 2.65. The van der Waals surface area contributed by atoms with Gasteiger partial charge in [-0.05, 0) is 12.1 Å². The summed E-state index contributed by atoms with van der Waals surface area (Å²) in [6, 6.07) is 3.74. The fraction of sp³-hybridized carbons (Fsp3) is 0.200. The van der Waals surface area contributed by atoms with E-state index in [2.05, 4.69) is 25.3 Å². The maximum absolute atomic E-state index is 13.1. The van der Waals surface area contributed by atoms with Crippen molar-refractivity contribution in [3.05, 3.63) is 36.2 Å². The first-order chi connectivity index (χ1) is 12.3. The van der Waals surface area contributed by atoms with E-state index in [1.807, 2.05) is 0 Å². The highest BCUT2D eigenvalue weighted by molar-refractivity contribution is 5.96. The SMILES string of the molecule is FC(F)Cn1nnc2nc(-c3ccc(C(F)(F)F)c4[nH]ccc34)cnc21. The van der Waals surface area contributed by atoms with E-state index in [1.54, 1.807) is 0 Å². The minimum atomic E-state index is -4.50. The van der Waals surface area contributed by atoms with Crippen LogP contribution in [0.15, 0.2) is 30.6 Å². The first-order valence-corrected chi connectivity index (χ1v) is 7.36. The average molecular weight is 368 g/mol. The van der Waals surface area contributed by atoms with E-state index in [-0.39, 0.29) is 22.5 Å². The normalized spacial score (nSPS) is 12.5. The third-order valence-electron chi connectivity index (χ3n) is 3.84. The van der Waals surface area contributed by atoms with E-state index in [9.17, 15) is 22.0 Å². The smallest absolute Gasteiger partial charge is 0.361 e. The topological polar surface area (TPSA) is 72.3 Å². The molecule has 0 saturated carbocycles. The van der Waals surface area contributed by atoms with Crippen LogP contribution in [0.1, 0.15) is 5.56 Å². The van der Waals surface area contributed by atoms with E-state index in [4.69, 9.17) is 0 Å². The molecule has 0 unspecified atom stereocenters. The van der Waals surface area contributed by atoms with Crippen LogP contribution in [-0.2, 0) is 12.7 Å². The number of rotatable bonds is 3. The highest BCUT2D eigenvalue weighted by Gasteiger charge is 2.33. The monoisotopic (exact) mass is 368 g/mol. The van der Waals surface area contributed by atoms with E-state index >= 15 is 0 Å². The van der Waals surface area contributed by atoms with Crippen LogP contribution in [0.5, 0.6) is 0 Å². The summed E-state index contributed by atoms with van der Waals surface area (Å²) >= 11 is 0. The summed E-state index contributed by atoms with van der Waals surface area (Å²) in [5.74, 6) is 0. The third-order valence-corrected chi connectivity index (χ3v) is 3.84. The Labute approximate surface area is 141 Å². The lowest BCUT2D eigenvalue weighted by Crippen LogP contribution is -2.08. The van der Waals surface area contributed by atoms with Gasteiger partial charge in [-0.1, -0.05) is 11.3 Å². The largest absolute Gasteiger partial charge is 0.418 e. The molecule has 134 valence electrons. The molecule has 0 fully saturated rings.